The normalized spacial score (nSPS) is 10.6. The van der Waals surface area contributed by atoms with Gasteiger partial charge >= 0.3 is 5.97 Å². The SMILES string of the molecule is C#CC(C)(C)NC(=O)c1csc(C(=O)OCC)n1. The first-order valence-electron chi connectivity index (χ1n) is 5.32. The van der Waals surface area contributed by atoms with Crippen LogP contribution in [0.3, 0.4) is 0 Å². The van der Waals surface area contributed by atoms with Gasteiger partial charge in [0, 0.05) is 5.38 Å². The van der Waals surface area contributed by atoms with Gasteiger partial charge in [0.05, 0.1) is 12.1 Å². The first kappa shape index (κ1) is 14.2. The Morgan fingerprint density at radius 2 is 2.28 bits per heavy atom. The minimum Gasteiger partial charge on any atom is -0.461 e. The van der Waals surface area contributed by atoms with E-state index >= 15 is 0 Å². The van der Waals surface area contributed by atoms with Gasteiger partial charge in [-0.15, -0.1) is 17.8 Å². The predicted octanol–water partition coefficient (Wildman–Crippen LogP) is 1.46. The Balaban J connectivity index is 2.78. The lowest BCUT2D eigenvalue weighted by molar-refractivity contribution is 0.0526. The second-order valence-corrected chi connectivity index (χ2v) is 4.84. The number of amides is 1. The molecule has 96 valence electrons. The fraction of sp³-hybridized carbons (Fsp3) is 0.417. The molecule has 0 fully saturated rings. The maximum absolute atomic E-state index is 11.8. The van der Waals surface area contributed by atoms with E-state index in [0.717, 1.165) is 11.3 Å². The number of carbonyl (C=O) groups excluding carboxylic acids is 2. The molecule has 1 N–H and O–H groups in total. The van der Waals surface area contributed by atoms with Crippen molar-refractivity contribution in [2.45, 2.75) is 26.3 Å². The molecule has 0 spiro atoms. The summed E-state index contributed by atoms with van der Waals surface area (Å²) in [6.07, 6.45) is 5.27. The van der Waals surface area contributed by atoms with E-state index in [1.165, 1.54) is 5.38 Å². The zero-order valence-corrected chi connectivity index (χ0v) is 11.3. The summed E-state index contributed by atoms with van der Waals surface area (Å²) in [4.78, 5) is 27.1. The van der Waals surface area contributed by atoms with E-state index < -0.39 is 17.4 Å². The van der Waals surface area contributed by atoms with Crippen molar-refractivity contribution in [2.75, 3.05) is 6.61 Å². The van der Waals surface area contributed by atoms with Gasteiger partial charge in [-0.3, -0.25) is 4.79 Å². The van der Waals surface area contributed by atoms with E-state index in [-0.39, 0.29) is 17.3 Å². The van der Waals surface area contributed by atoms with Gasteiger partial charge in [0.15, 0.2) is 0 Å². The van der Waals surface area contributed by atoms with Gasteiger partial charge in [0.2, 0.25) is 5.01 Å². The van der Waals surface area contributed by atoms with Crippen molar-refractivity contribution < 1.29 is 14.3 Å². The molecule has 0 aliphatic heterocycles. The van der Waals surface area contributed by atoms with Crippen molar-refractivity contribution in [3.8, 4) is 12.3 Å². The van der Waals surface area contributed by atoms with Gasteiger partial charge in [0.1, 0.15) is 5.69 Å². The van der Waals surface area contributed by atoms with E-state index in [4.69, 9.17) is 11.2 Å². The molecule has 0 atom stereocenters. The molecule has 18 heavy (non-hydrogen) atoms. The molecule has 1 amide bonds. The smallest absolute Gasteiger partial charge is 0.367 e. The van der Waals surface area contributed by atoms with Crippen LogP contribution < -0.4 is 5.32 Å². The van der Waals surface area contributed by atoms with Crippen LogP contribution in [-0.2, 0) is 4.74 Å². The Hall–Kier alpha value is -1.87. The predicted molar refractivity (Wildman–Crippen MR) is 68.4 cm³/mol. The number of nitrogens with one attached hydrogen (secondary N) is 1. The molecule has 5 nitrogen and oxygen atoms in total. The molecule has 6 heteroatoms. The number of aromatic nitrogens is 1. The largest absolute Gasteiger partial charge is 0.461 e. The van der Waals surface area contributed by atoms with Crippen molar-refractivity contribution in [3.05, 3.63) is 16.1 Å². The fourth-order valence-electron chi connectivity index (χ4n) is 1.05. The summed E-state index contributed by atoms with van der Waals surface area (Å²) in [5.41, 5.74) is -0.600. The zero-order valence-electron chi connectivity index (χ0n) is 10.4. The Bertz CT molecular complexity index is 500. The molecule has 0 radical (unpaired) electrons. The van der Waals surface area contributed by atoms with E-state index in [0.29, 0.717) is 0 Å². The Kier molecular flexibility index (Phi) is 4.45. The molecular weight excluding hydrogens is 252 g/mol. The maximum Gasteiger partial charge on any atom is 0.367 e. The van der Waals surface area contributed by atoms with Crippen molar-refractivity contribution in [1.82, 2.24) is 10.3 Å². The van der Waals surface area contributed by atoms with Gasteiger partial charge in [-0.25, -0.2) is 9.78 Å². The fourth-order valence-corrected chi connectivity index (χ4v) is 1.74. The summed E-state index contributed by atoms with van der Waals surface area (Å²) in [7, 11) is 0. The number of hydrogen-bond donors (Lipinski definition) is 1. The van der Waals surface area contributed by atoms with Gasteiger partial charge in [0.25, 0.3) is 5.91 Å². The number of esters is 1. The molecule has 1 heterocycles. The summed E-state index contributed by atoms with van der Waals surface area (Å²) in [5.74, 6) is 1.50. The van der Waals surface area contributed by atoms with E-state index in [9.17, 15) is 9.59 Å². The van der Waals surface area contributed by atoms with Crippen molar-refractivity contribution in [2.24, 2.45) is 0 Å². The first-order chi connectivity index (χ1) is 8.39. The molecule has 1 aromatic heterocycles. The molecular formula is C12H14N2O3S. The third-order valence-electron chi connectivity index (χ3n) is 1.97. The number of rotatable bonds is 4. The number of hydrogen-bond acceptors (Lipinski definition) is 5. The maximum atomic E-state index is 11.8. The number of nitrogens with zero attached hydrogens (tertiary/aromatic N) is 1. The van der Waals surface area contributed by atoms with Crippen molar-refractivity contribution in [3.63, 3.8) is 0 Å². The van der Waals surface area contributed by atoms with Gasteiger partial charge in [-0.05, 0) is 20.8 Å². The lowest BCUT2D eigenvalue weighted by Gasteiger charge is -2.18. The Labute approximate surface area is 110 Å². The van der Waals surface area contributed by atoms with Crippen molar-refractivity contribution in [1.29, 1.82) is 0 Å². The van der Waals surface area contributed by atoms with Gasteiger partial charge in [-0.1, -0.05) is 5.92 Å². The Morgan fingerprint density at radius 1 is 1.61 bits per heavy atom. The van der Waals surface area contributed by atoms with Gasteiger partial charge in [-0.2, -0.15) is 0 Å². The molecule has 0 bridgehead atoms. The second kappa shape index (κ2) is 5.65. The zero-order chi connectivity index (χ0) is 13.8. The second-order valence-electron chi connectivity index (χ2n) is 3.98. The van der Waals surface area contributed by atoms with E-state index in [1.807, 2.05) is 0 Å². The highest BCUT2D eigenvalue weighted by atomic mass is 32.1. The summed E-state index contributed by atoms with van der Waals surface area (Å²) in [6.45, 7) is 5.37. The van der Waals surface area contributed by atoms with Gasteiger partial charge < -0.3 is 10.1 Å². The number of ether oxygens (including phenoxy) is 1. The first-order valence-corrected chi connectivity index (χ1v) is 6.20. The molecule has 0 aliphatic rings. The molecule has 0 saturated heterocycles. The van der Waals surface area contributed by atoms with Crippen molar-refractivity contribution >= 4 is 23.2 Å². The monoisotopic (exact) mass is 266 g/mol. The molecule has 0 aromatic carbocycles. The number of thiazole rings is 1. The summed E-state index contributed by atoms with van der Waals surface area (Å²) < 4.78 is 4.79. The average Bonchev–Trinajstić information content (AvgIpc) is 2.78. The minimum atomic E-state index is -0.759. The van der Waals surface area contributed by atoms with E-state index in [1.54, 1.807) is 20.8 Å². The highest BCUT2D eigenvalue weighted by molar-refractivity contribution is 7.11. The molecule has 1 rings (SSSR count). The van der Waals surface area contributed by atoms with E-state index in [2.05, 4.69) is 16.2 Å². The lowest BCUT2D eigenvalue weighted by Crippen LogP contribution is -2.42. The summed E-state index contributed by atoms with van der Waals surface area (Å²) >= 11 is 1.06. The van der Waals surface area contributed by atoms with Crippen LogP contribution >= 0.6 is 11.3 Å². The van der Waals surface area contributed by atoms with Crippen LogP contribution in [0, 0.1) is 12.3 Å². The van der Waals surface area contributed by atoms with Crippen LogP contribution in [-0.4, -0.2) is 29.0 Å². The summed E-state index contributed by atoms with van der Waals surface area (Å²) in [5, 5.41) is 4.27. The van der Waals surface area contributed by atoms with Crippen LogP contribution in [0.2, 0.25) is 0 Å². The van der Waals surface area contributed by atoms with Crippen LogP contribution in [0.4, 0.5) is 0 Å². The Morgan fingerprint density at radius 3 is 2.83 bits per heavy atom. The molecule has 1 aromatic rings. The van der Waals surface area contributed by atoms with Crippen LogP contribution in [0.5, 0.6) is 0 Å². The van der Waals surface area contributed by atoms with Crippen LogP contribution in [0.15, 0.2) is 5.38 Å². The third kappa shape index (κ3) is 3.57. The van der Waals surface area contributed by atoms with Crippen LogP contribution in [0.25, 0.3) is 0 Å². The quantitative estimate of drug-likeness (QED) is 0.661. The summed E-state index contributed by atoms with van der Waals surface area (Å²) in [6, 6.07) is 0. The number of carbonyl (C=O) groups is 2. The molecule has 0 saturated carbocycles. The highest BCUT2D eigenvalue weighted by Crippen LogP contribution is 2.12. The standard InChI is InChI=1S/C12H14N2O3S/c1-5-12(3,4)14-9(15)8-7-18-10(13-8)11(16)17-6-2/h1,7H,6H2,2-4H3,(H,14,15). The van der Waals surface area contributed by atoms with Crippen LogP contribution in [0.1, 0.15) is 41.1 Å². The minimum absolute atomic E-state index is 0.153. The number of terminal acetylenes is 1. The lowest BCUT2D eigenvalue weighted by atomic mass is 10.1. The topological polar surface area (TPSA) is 68.3 Å². The molecule has 0 unspecified atom stereocenters. The highest BCUT2D eigenvalue weighted by Gasteiger charge is 2.21. The molecule has 0 aliphatic carbocycles. The third-order valence-corrected chi connectivity index (χ3v) is 2.80. The average molecular weight is 266 g/mol.